The second-order valence-corrected chi connectivity index (χ2v) is 6.57. The number of hydrogen-bond donors (Lipinski definition) is 1. The Morgan fingerprint density at radius 1 is 1.16 bits per heavy atom. The van der Waals surface area contributed by atoms with Gasteiger partial charge in [0.15, 0.2) is 0 Å². The number of rotatable bonds is 8. The molecule has 1 rings (SSSR count). The van der Waals surface area contributed by atoms with Crippen molar-refractivity contribution in [1.29, 1.82) is 0 Å². The Kier molecular flexibility index (Phi) is 7.55. The molecule has 1 aromatic rings. The van der Waals surface area contributed by atoms with Gasteiger partial charge in [-0.25, -0.2) is 0 Å². The molecule has 0 bridgehead atoms. The van der Waals surface area contributed by atoms with Gasteiger partial charge < -0.3 is 5.32 Å². The lowest BCUT2D eigenvalue weighted by Crippen LogP contribution is -2.37. The molecule has 108 valence electrons. The van der Waals surface area contributed by atoms with Crippen molar-refractivity contribution in [3.63, 3.8) is 0 Å². The van der Waals surface area contributed by atoms with Crippen LogP contribution in [-0.4, -0.2) is 17.8 Å². The van der Waals surface area contributed by atoms with Crippen LogP contribution >= 0.6 is 11.8 Å². The average molecular weight is 279 g/mol. The zero-order valence-corrected chi connectivity index (χ0v) is 13.9. The summed E-state index contributed by atoms with van der Waals surface area (Å²) in [7, 11) is 0. The minimum absolute atomic E-state index is 0.630. The van der Waals surface area contributed by atoms with E-state index in [4.69, 9.17) is 0 Å². The molecule has 0 aliphatic heterocycles. The van der Waals surface area contributed by atoms with E-state index in [0.29, 0.717) is 11.3 Å². The second-order valence-electron chi connectivity index (χ2n) is 5.29. The Morgan fingerprint density at radius 3 is 2.47 bits per heavy atom. The summed E-state index contributed by atoms with van der Waals surface area (Å²) in [5.74, 6) is 0. The van der Waals surface area contributed by atoms with E-state index in [1.807, 2.05) is 0 Å². The molecule has 1 nitrogen and oxygen atoms in total. The predicted octanol–water partition coefficient (Wildman–Crippen LogP) is 4.95. The molecule has 0 aliphatic carbocycles. The molecule has 0 fully saturated rings. The van der Waals surface area contributed by atoms with E-state index in [1.165, 1.54) is 35.3 Å². The molecular formula is C17H29NS. The summed E-state index contributed by atoms with van der Waals surface area (Å²) in [4.78, 5) is 1.45. The van der Waals surface area contributed by atoms with Crippen LogP contribution in [0.1, 0.15) is 51.2 Å². The van der Waals surface area contributed by atoms with Crippen LogP contribution in [0.4, 0.5) is 0 Å². The first-order valence-electron chi connectivity index (χ1n) is 7.59. The molecule has 0 aromatic heterocycles. The minimum atomic E-state index is 0.630. The van der Waals surface area contributed by atoms with E-state index in [1.54, 1.807) is 0 Å². The second kappa shape index (κ2) is 8.65. The first kappa shape index (κ1) is 16.6. The van der Waals surface area contributed by atoms with Crippen molar-refractivity contribution in [2.24, 2.45) is 0 Å². The fraction of sp³-hybridized carbons (Fsp3) is 0.647. The third-order valence-corrected chi connectivity index (χ3v) is 5.20. The molecule has 0 radical (unpaired) electrons. The third-order valence-electron chi connectivity index (χ3n) is 3.54. The maximum absolute atomic E-state index is 3.67. The fourth-order valence-electron chi connectivity index (χ4n) is 2.44. The van der Waals surface area contributed by atoms with E-state index in [9.17, 15) is 0 Å². The number of benzene rings is 1. The van der Waals surface area contributed by atoms with Gasteiger partial charge >= 0.3 is 0 Å². The van der Waals surface area contributed by atoms with Crippen LogP contribution in [0.2, 0.25) is 0 Å². The van der Waals surface area contributed by atoms with Gasteiger partial charge in [0.25, 0.3) is 0 Å². The molecular weight excluding hydrogens is 250 g/mol. The Labute approximate surface area is 123 Å². The first-order valence-corrected chi connectivity index (χ1v) is 8.47. The summed E-state index contributed by atoms with van der Waals surface area (Å²) in [5, 5.41) is 4.34. The highest BCUT2D eigenvalue weighted by Crippen LogP contribution is 2.32. The quantitative estimate of drug-likeness (QED) is 0.676. The largest absolute Gasteiger partial charge is 0.313 e. The topological polar surface area (TPSA) is 12.0 Å². The molecule has 0 spiro atoms. The molecule has 2 heteroatoms. The van der Waals surface area contributed by atoms with Gasteiger partial charge in [-0.1, -0.05) is 44.9 Å². The zero-order valence-electron chi connectivity index (χ0n) is 13.1. The summed E-state index contributed by atoms with van der Waals surface area (Å²) < 4.78 is 0. The van der Waals surface area contributed by atoms with Crippen LogP contribution in [0, 0.1) is 13.8 Å². The van der Waals surface area contributed by atoms with Crippen molar-refractivity contribution >= 4 is 11.8 Å². The van der Waals surface area contributed by atoms with Gasteiger partial charge in [0.05, 0.1) is 0 Å². The molecule has 0 heterocycles. The Hall–Kier alpha value is -0.470. The Bertz CT molecular complexity index is 370. The Morgan fingerprint density at radius 2 is 1.89 bits per heavy atom. The molecule has 0 aliphatic rings. The normalized spacial score (nSPS) is 14.4. The monoisotopic (exact) mass is 279 g/mol. The zero-order chi connectivity index (χ0) is 14.3. The fourth-order valence-corrected chi connectivity index (χ4v) is 3.84. The smallest absolute Gasteiger partial charge is 0.0245 e. The first-order chi connectivity index (χ1) is 9.12. The minimum Gasteiger partial charge on any atom is -0.313 e. The van der Waals surface area contributed by atoms with Crippen molar-refractivity contribution in [3.05, 3.63) is 29.3 Å². The van der Waals surface area contributed by atoms with Gasteiger partial charge in [-0.3, -0.25) is 0 Å². The summed E-state index contributed by atoms with van der Waals surface area (Å²) in [6.45, 7) is 12.3. The van der Waals surface area contributed by atoms with Crippen LogP contribution in [0.25, 0.3) is 0 Å². The number of aryl methyl sites for hydroxylation is 2. The van der Waals surface area contributed by atoms with Gasteiger partial charge in [-0.15, -0.1) is 11.8 Å². The third kappa shape index (κ3) is 5.19. The van der Waals surface area contributed by atoms with Crippen LogP contribution in [0.5, 0.6) is 0 Å². The highest BCUT2D eigenvalue weighted by Gasteiger charge is 2.20. The average Bonchev–Trinajstić information content (AvgIpc) is 2.39. The summed E-state index contributed by atoms with van der Waals surface area (Å²) in [5.41, 5.74) is 2.76. The van der Waals surface area contributed by atoms with Gasteiger partial charge in [0.2, 0.25) is 0 Å². The molecule has 2 unspecified atom stereocenters. The van der Waals surface area contributed by atoms with Gasteiger partial charge in [-0.05, 0) is 44.9 Å². The van der Waals surface area contributed by atoms with Crippen LogP contribution < -0.4 is 5.32 Å². The number of thioether (sulfide) groups is 1. The van der Waals surface area contributed by atoms with Crippen molar-refractivity contribution < 1.29 is 0 Å². The lowest BCUT2D eigenvalue weighted by molar-refractivity contribution is 0.465. The number of nitrogens with one attached hydrogen (secondary N) is 1. The summed E-state index contributed by atoms with van der Waals surface area (Å²) >= 11 is 2.05. The van der Waals surface area contributed by atoms with E-state index in [0.717, 1.165) is 6.54 Å². The summed E-state index contributed by atoms with van der Waals surface area (Å²) in [6.07, 6.45) is 3.74. The van der Waals surface area contributed by atoms with Gasteiger partial charge in [0, 0.05) is 16.2 Å². The lowest BCUT2D eigenvalue weighted by atomic mass is 10.1. The van der Waals surface area contributed by atoms with Gasteiger partial charge in [0.1, 0.15) is 0 Å². The van der Waals surface area contributed by atoms with Gasteiger partial charge in [-0.2, -0.15) is 0 Å². The molecule has 19 heavy (non-hydrogen) atoms. The van der Waals surface area contributed by atoms with Crippen molar-refractivity contribution in [2.75, 3.05) is 6.54 Å². The van der Waals surface area contributed by atoms with Crippen molar-refractivity contribution in [3.8, 4) is 0 Å². The molecule has 0 saturated carbocycles. The van der Waals surface area contributed by atoms with E-state index in [2.05, 4.69) is 69.9 Å². The van der Waals surface area contributed by atoms with E-state index >= 15 is 0 Å². The summed E-state index contributed by atoms with van der Waals surface area (Å²) in [6, 6.07) is 7.41. The molecule has 0 amide bonds. The maximum atomic E-state index is 3.67. The highest BCUT2D eigenvalue weighted by atomic mass is 32.2. The molecule has 1 aromatic carbocycles. The molecule has 0 saturated heterocycles. The standard InChI is InChI=1S/C17H29NS/c1-6-9-15(18-8-3)16(7-2)19-17-12-13(4)10-11-14(17)5/h10-12,15-16,18H,6-9H2,1-5H3. The van der Waals surface area contributed by atoms with Crippen molar-refractivity contribution in [1.82, 2.24) is 5.32 Å². The van der Waals surface area contributed by atoms with E-state index < -0.39 is 0 Å². The van der Waals surface area contributed by atoms with Crippen LogP contribution in [-0.2, 0) is 0 Å². The van der Waals surface area contributed by atoms with Crippen LogP contribution in [0.15, 0.2) is 23.1 Å². The van der Waals surface area contributed by atoms with E-state index in [-0.39, 0.29) is 0 Å². The SMILES string of the molecule is CCCC(NCC)C(CC)Sc1cc(C)ccc1C. The van der Waals surface area contributed by atoms with Crippen LogP contribution in [0.3, 0.4) is 0 Å². The maximum Gasteiger partial charge on any atom is 0.0245 e. The highest BCUT2D eigenvalue weighted by molar-refractivity contribution is 8.00. The number of hydrogen-bond acceptors (Lipinski definition) is 2. The lowest BCUT2D eigenvalue weighted by Gasteiger charge is -2.27. The molecule has 1 N–H and O–H groups in total. The Balaban J connectivity index is 2.81. The van der Waals surface area contributed by atoms with Crippen molar-refractivity contribution in [2.45, 2.75) is 70.1 Å². The molecule has 2 atom stereocenters. The predicted molar refractivity (Wildman–Crippen MR) is 88.2 cm³/mol.